The Morgan fingerprint density at radius 3 is 1.85 bits per heavy atom. The van der Waals surface area contributed by atoms with E-state index in [2.05, 4.69) is 144 Å². The van der Waals surface area contributed by atoms with Gasteiger partial charge < -0.3 is 0 Å². The maximum absolute atomic E-state index is 4.09. The van der Waals surface area contributed by atoms with Crippen molar-refractivity contribution in [1.29, 1.82) is 0 Å². The van der Waals surface area contributed by atoms with E-state index in [1.54, 1.807) is 0 Å². The Morgan fingerprint density at radius 1 is 0.769 bits per heavy atom. The third-order valence-corrected chi connectivity index (χ3v) is 18.7. The van der Waals surface area contributed by atoms with Gasteiger partial charge in [-0.05, 0) is 144 Å². The van der Waals surface area contributed by atoms with Crippen molar-refractivity contribution in [2.45, 2.75) is 228 Å². The van der Waals surface area contributed by atoms with Crippen LogP contribution in [-0.2, 0) is 0 Å². The van der Waals surface area contributed by atoms with E-state index in [4.69, 9.17) is 0 Å². The van der Waals surface area contributed by atoms with Gasteiger partial charge in [0.25, 0.3) is 0 Å². The van der Waals surface area contributed by atoms with Crippen molar-refractivity contribution in [2.24, 2.45) is 92.7 Å². The van der Waals surface area contributed by atoms with Crippen molar-refractivity contribution < 1.29 is 0 Å². The van der Waals surface area contributed by atoms with Crippen LogP contribution in [-0.4, -0.2) is 0 Å². The molecule has 1 aliphatic carbocycles. The molecule has 52 heavy (non-hydrogen) atoms. The minimum Gasteiger partial charge on any atom is -0.103 e. The van der Waals surface area contributed by atoms with Gasteiger partial charge in [0.05, 0.1) is 0 Å². The van der Waals surface area contributed by atoms with E-state index in [0.717, 1.165) is 71.0 Å². The number of unbranched alkanes of at least 4 members (excludes halogenated alkanes) is 1. The Balaban J connectivity index is 3.59. The Kier molecular flexibility index (Phi) is 20.9. The molecule has 0 aliphatic heterocycles. The second kappa shape index (κ2) is 21.9. The molecule has 1 fully saturated rings. The summed E-state index contributed by atoms with van der Waals surface area (Å²) in [6.45, 7) is 53.0. The maximum Gasteiger partial charge on any atom is -0.0292 e. The first-order valence-electron chi connectivity index (χ1n) is 23.7. The molecule has 1 rings (SSSR count). The lowest BCUT2D eigenvalue weighted by molar-refractivity contribution is -0.102. The lowest BCUT2D eigenvalue weighted by atomic mass is 9.46. The SMILES string of the molecule is C=CCCCC1(C)CC(C(C)C(C)C(CC)CC)C1CC(CCC(C)(CC(C(C)CC)C(C)C(C)C(C)(C)C(C)CC)C(C)CCC)C(C)(C)CC. The molecule has 0 heterocycles. The van der Waals surface area contributed by atoms with Crippen molar-refractivity contribution in [3.8, 4) is 0 Å². The predicted molar refractivity (Wildman–Crippen MR) is 239 cm³/mol. The highest BCUT2D eigenvalue weighted by Crippen LogP contribution is 2.62. The molecule has 0 saturated heterocycles. The van der Waals surface area contributed by atoms with Crippen LogP contribution in [0.4, 0.5) is 0 Å². The van der Waals surface area contributed by atoms with Crippen LogP contribution in [0.15, 0.2) is 12.7 Å². The minimum atomic E-state index is 0.363. The van der Waals surface area contributed by atoms with Gasteiger partial charge in [0.15, 0.2) is 0 Å². The van der Waals surface area contributed by atoms with Crippen LogP contribution in [0.25, 0.3) is 0 Å². The number of allylic oxidation sites excluding steroid dienone is 1. The molecule has 0 bridgehead atoms. The quantitative estimate of drug-likeness (QED) is 0.0556. The molecule has 1 saturated carbocycles. The van der Waals surface area contributed by atoms with Crippen molar-refractivity contribution >= 4 is 0 Å². The zero-order valence-electron chi connectivity index (χ0n) is 39.8. The fraction of sp³-hybridized carbons (Fsp3) is 0.962. The highest BCUT2D eigenvalue weighted by atomic mass is 14.6. The topological polar surface area (TPSA) is 0 Å². The van der Waals surface area contributed by atoms with Crippen LogP contribution in [0.5, 0.6) is 0 Å². The first kappa shape index (κ1) is 49.8. The van der Waals surface area contributed by atoms with E-state index in [1.807, 2.05) is 0 Å². The van der Waals surface area contributed by atoms with Gasteiger partial charge >= 0.3 is 0 Å². The van der Waals surface area contributed by atoms with Gasteiger partial charge in [0.1, 0.15) is 0 Å². The fourth-order valence-corrected chi connectivity index (χ4v) is 12.0. The van der Waals surface area contributed by atoms with Gasteiger partial charge in [-0.15, -0.1) is 6.58 Å². The van der Waals surface area contributed by atoms with Crippen molar-refractivity contribution in [3.63, 3.8) is 0 Å². The highest BCUT2D eigenvalue weighted by molar-refractivity contribution is 5.03. The molecular formula is C52H102. The Hall–Kier alpha value is -0.260. The van der Waals surface area contributed by atoms with Crippen LogP contribution in [0.1, 0.15) is 228 Å². The first-order chi connectivity index (χ1) is 24.1. The summed E-state index contributed by atoms with van der Waals surface area (Å²) in [7, 11) is 0. The number of rotatable bonds is 28. The molecular weight excluding hydrogens is 625 g/mol. The smallest absolute Gasteiger partial charge is 0.0292 e. The average molecular weight is 727 g/mol. The van der Waals surface area contributed by atoms with Gasteiger partial charge in [-0.3, -0.25) is 0 Å². The highest BCUT2D eigenvalue weighted by Gasteiger charge is 2.54. The van der Waals surface area contributed by atoms with Crippen LogP contribution in [0.3, 0.4) is 0 Å². The maximum atomic E-state index is 4.09. The second-order valence-electron chi connectivity index (χ2n) is 21.8. The molecule has 1 aliphatic rings. The average Bonchev–Trinajstić information content (AvgIpc) is 3.11. The second-order valence-corrected chi connectivity index (χ2v) is 21.8. The summed E-state index contributed by atoms with van der Waals surface area (Å²) in [5.41, 5.74) is 1.61. The van der Waals surface area contributed by atoms with Crippen LogP contribution < -0.4 is 0 Å². The number of hydrogen-bond donors (Lipinski definition) is 0. The normalized spacial score (nSPS) is 26.4. The molecule has 310 valence electrons. The lowest BCUT2D eigenvalue weighted by Gasteiger charge is -2.59. The summed E-state index contributed by atoms with van der Waals surface area (Å²) in [6, 6.07) is 0. The molecule has 0 spiro atoms. The molecule has 0 radical (unpaired) electrons. The van der Waals surface area contributed by atoms with E-state index in [1.165, 1.54) is 96.3 Å². The molecule has 0 aromatic heterocycles. The van der Waals surface area contributed by atoms with E-state index in [9.17, 15) is 0 Å². The predicted octanol–water partition coefficient (Wildman–Crippen LogP) is 17.8. The molecule has 0 amide bonds. The lowest BCUT2D eigenvalue weighted by Crippen LogP contribution is -2.51. The van der Waals surface area contributed by atoms with Crippen molar-refractivity contribution in [3.05, 3.63) is 12.7 Å². The summed E-state index contributed by atoms with van der Waals surface area (Å²) in [5, 5.41) is 0. The summed E-state index contributed by atoms with van der Waals surface area (Å²) in [4.78, 5) is 0. The molecule has 0 N–H and O–H groups in total. The van der Waals surface area contributed by atoms with Gasteiger partial charge in [0, 0.05) is 0 Å². The molecule has 0 nitrogen and oxygen atoms in total. The standard InChI is InChI=1S/C52H102/c1-21-28-29-32-52(20)36-47(41(12)40(11)44(25-5)26-6)48(52)34-45(49(15,16)27-7)31-33-51(19,39(10)30-22-2)35-46(37(8)23-3)42(13)43(14)50(17,18)38(9)24-4/h21,37-48H,1,22-36H2,2-20H3. The zero-order valence-corrected chi connectivity index (χ0v) is 39.8. The van der Waals surface area contributed by atoms with Gasteiger partial charge in [-0.1, -0.05) is 183 Å². The molecule has 0 heteroatoms. The largest absolute Gasteiger partial charge is 0.103 e. The van der Waals surface area contributed by atoms with E-state index in [0.29, 0.717) is 21.7 Å². The Bertz CT molecular complexity index is 967. The third-order valence-electron chi connectivity index (χ3n) is 18.7. The van der Waals surface area contributed by atoms with Crippen LogP contribution >= 0.6 is 0 Å². The zero-order chi connectivity index (χ0) is 40.2. The summed E-state index contributed by atoms with van der Waals surface area (Å²) >= 11 is 0. The summed E-state index contributed by atoms with van der Waals surface area (Å²) in [5.74, 6) is 9.56. The third kappa shape index (κ3) is 12.4. The van der Waals surface area contributed by atoms with Gasteiger partial charge in [-0.2, -0.15) is 0 Å². The Labute approximate surface area is 332 Å². The van der Waals surface area contributed by atoms with E-state index < -0.39 is 0 Å². The fourth-order valence-electron chi connectivity index (χ4n) is 12.0. The van der Waals surface area contributed by atoms with Gasteiger partial charge in [0.2, 0.25) is 0 Å². The van der Waals surface area contributed by atoms with E-state index in [-0.39, 0.29) is 0 Å². The molecule has 0 aromatic carbocycles. The van der Waals surface area contributed by atoms with Crippen LogP contribution in [0, 0.1) is 92.7 Å². The molecule has 0 aromatic rings. The number of hydrogen-bond acceptors (Lipinski definition) is 0. The van der Waals surface area contributed by atoms with E-state index >= 15 is 0 Å². The molecule has 13 atom stereocenters. The summed E-state index contributed by atoms with van der Waals surface area (Å²) in [6.07, 6.45) is 22.3. The van der Waals surface area contributed by atoms with Crippen molar-refractivity contribution in [1.82, 2.24) is 0 Å². The first-order valence-corrected chi connectivity index (χ1v) is 23.7. The monoisotopic (exact) mass is 727 g/mol. The Morgan fingerprint density at radius 2 is 1.37 bits per heavy atom. The minimum absolute atomic E-state index is 0.363. The molecule has 13 unspecified atom stereocenters. The van der Waals surface area contributed by atoms with Gasteiger partial charge in [-0.25, -0.2) is 0 Å². The van der Waals surface area contributed by atoms with Crippen molar-refractivity contribution in [2.75, 3.05) is 0 Å². The van der Waals surface area contributed by atoms with Crippen LogP contribution in [0.2, 0.25) is 0 Å². The summed E-state index contributed by atoms with van der Waals surface area (Å²) < 4.78 is 0.